The Bertz CT molecular complexity index is 279. The first-order valence-corrected chi connectivity index (χ1v) is 4.88. The van der Waals surface area contributed by atoms with Crippen molar-refractivity contribution in [3.63, 3.8) is 0 Å². The lowest BCUT2D eigenvalue weighted by molar-refractivity contribution is -0.145. The Morgan fingerprint density at radius 2 is 1.75 bits per heavy atom. The molecule has 92 valence electrons. The minimum Gasteiger partial charge on any atom is -0.481 e. The maximum absolute atomic E-state index is 11.2. The maximum Gasteiger partial charge on any atom is 0.326 e. The first-order valence-electron chi connectivity index (χ1n) is 4.88. The van der Waals surface area contributed by atoms with Crippen molar-refractivity contribution in [1.82, 2.24) is 10.6 Å². The SMILES string of the molecule is CCC(C)NC(=O)N[C@@H](CC(=O)O)C(=O)O. The lowest BCUT2D eigenvalue weighted by Gasteiger charge is -2.16. The number of carboxylic acid groups (broad SMARTS) is 2. The molecule has 0 radical (unpaired) electrons. The highest BCUT2D eigenvalue weighted by molar-refractivity contribution is 5.86. The summed E-state index contributed by atoms with van der Waals surface area (Å²) in [7, 11) is 0. The Hall–Kier alpha value is -1.79. The van der Waals surface area contributed by atoms with Gasteiger partial charge in [0.05, 0.1) is 6.42 Å². The molecular weight excluding hydrogens is 216 g/mol. The summed E-state index contributed by atoms with van der Waals surface area (Å²) in [6.07, 6.45) is 0.0490. The van der Waals surface area contributed by atoms with Gasteiger partial charge in [-0.15, -0.1) is 0 Å². The molecule has 0 aromatic heterocycles. The van der Waals surface area contributed by atoms with Crippen LogP contribution in [0.15, 0.2) is 0 Å². The molecule has 0 saturated heterocycles. The maximum atomic E-state index is 11.2. The predicted molar refractivity (Wildman–Crippen MR) is 55.1 cm³/mol. The monoisotopic (exact) mass is 232 g/mol. The normalized spacial score (nSPS) is 13.6. The van der Waals surface area contributed by atoms with Gasteiger partial charge in [-0.3, -0.25) is 4.79 Å². The number of carboxylic acids is 2. The van der Waals surface area contributed by atoms with Gasteiger partial charge in [-0.25, -0.2) is 9.59 Å². The molecule has 0 bridgehead atoms. The van der Waals surface area contributed by atoms with E-state index < -0.39 is 30.4 Å². The van der Waals surface area contributed by atoms with Gasteiger partial charge in [0.15, 0.2) is 0 Å². The van der Waals surface area contributed by atoms with Crippen LogP contribution in [0.1, 0.15) is 26.7 Å². The quantitative estimate of drug-likeness (QED) is 0.515. The highest BCUT2D eigenvalue weighted by atomic mass is 16.4. The summed E-state index contributed by atoms with van der Waals surface area (Å²) in [6, 6.07) is -2.19. The van der Waals surface area contributed by atoms with Gasteiger partial charge in [-0.1, -0.05) is 6.92 Å². The smallest absolute Gasteiger partial charge is 0.326 e. The van der Waals surface area contributed by atoms with Crippen molar-refractivity contribution in [2.45, 2.75) is 38.8 Å². The van der Waals surface area contributed by atoms with Crippen LogP contribution in [0, 0.1) is 0 Å². The van der Waals surface area contributed by atoms with Crippen LogP contribution in [0.2, 0.25) is 0 Å². The fraction of sp³-hybridized carbons (Fsp3) is 0.667. The second-order valence-corrected chi connectivity index (χ2v) is 3.42. The molecule has 0 rings (SSSR count). The summed E-state index contributed by atoms with van der Waals surface area (Å²) in [5, 5.41) is 21.7. The Labute approximate surface area is 92.8 Å². The van der Waals surface area contributed by atoms with E-state index in [4.69, 9.17) is 10.2 Å². The van der Waals surface area contributed by atoms with Gasteiger partial charge in [-0.2, -0.15) is 0 Å². The Morgan fingerprint density at radius 1 is 1.19 bits per heavy atom. The fourth-order valence-corrected chi connectivity index (χ4v) is 0.900. The van der Waals surface area contributed by atoms with Crippen molar-refractivity contribution < 1.29 is 24.6 Å². The number of hydrogen-bond donors (Lipinski definition) is 4. The highest BCUT2D eigenvalue weighted by Crippen LogP contribution is 1.94. The molecule has 2 atom stereocenters. The molecule has 0 aliphatic rings. The van der Waals surface area contributed by atoms with Crippen molar-refractivity contribution in [2.24, 2.45) is 0 Å². The number of hydrogen-bond acceptors (Lipinski definition) is 3. The standard InChI is InChI=1S/C9H16N2O5/c1-3-5(2)10-9(16)11-6(8(14)15)4-7(12)13/h5-6H,3-4H2,1-2H3,(H,12,13)(H,14,15)(H2,10,11,16)/t5?,6-/m0/s1. The average molecular weight is 232 g/mol. The van der Waals surface area contributed by atoms with Gasteiger partial charge in [0.25, 0.3) is 0 Å². The summed E-state index contributed by atoms with van der Waals surface area (Å²) in [4.78, 5) is 32.2. The number of carbonyl (C=O) groups excluding carboxylic acids is 1. The number of nitrogens with one attached hydrogen (secondary N) is 2. The zero-order chi connectivity index (χ0) is 12.7. The number of rotatable bonds is 6. The molecule has 7 nitrogen and oxygen atoms in total. The molecule has 4 N–H and O–H groups in total. The third kappa shape index (κ3) is 5.84. The third-order valence-corrected chi connectivity index (χ3v) is 1.97. The number of amides is 2. The molecule has 7 heteroatoms. The summed E-state index contributed by atoms with van der Waals surface area (Å²) in [6.45, 7) is 3.61. The first kappa shape index (κ1) is 14.2. The van der Waals surface area contributed by atoms with E-state index in [0.29, 0.717) is 6.42 Å². The van der Waals surface area contributed by atoms with Gasteiger partial charge < -0.3 is 20.8 Å². The summed E-state index contributed by atoms with van der Waals surface area (Å²) >= 11 is 0. The lowest BCUT2D eigenvalue weighted by atomic mass is 10.2. The molecule has 0 aromatic carbocycles. The van der Waals surface area contributed by atoms with Crippen molar-refractivity contribution in [2.75, 3.05) is 0 Å². The van der Waals surface area contributed by atoms with E-state index in [1.165, 1.54) is 0 Å². The zero-order valence-corrected chi connectivity index (χ0v) is 9.19. The second kappa shape index (κ2) is 6.65. The molecule has 0 heterocycles. The fourth-order valence-electron chi connectivity index (χ4n) is 0.900. The Kier molecular flexibility index (Phi) is 5.91. The number of aliphatic carboxylic acids is 2. The first-order chi connectivity index (χ1) is 7.36. The number of carbonyl (C=O) groups is 3. The largest absolute Gasteiger partial charge is 0.481 e. The van der Waals surface area contributed by atoms with E-state index >= 15 is 0 Å². The van der Waals surface area contributed by atoms with Gasteiger partial charge in [-0.05, 0) is 13.3 Å². The minimum absolute atomic E-state index is 0.0979. The van der Waals surface area contributed by atoms with Crippen molar-refractivity contribution in [3.05, 3.63) is 0 Å². The van der Waals surface area contributed by atoms with E-state index in [0.717, 1.165) is 0 Å². The number of urea groups is 1. The molecule has 16 heavy (non-hydrogen) atoms. The van der Waals surface area contributed by atoms with Gasteiger partial charge in [0.2, 0.25) is 0 Å². The van der Waals surface area contributed by atoms with Crippen LogP contribution >= 0.6 is 0 Å². The minimum atomic E-state index is -1.42. The molecule has 0 spiro atoms. The van der Waals surface area contributed by atoms with Gasteiger partial charge >= 0.3 is 18.0 Å². The summed E-state index contributed by atoms with van der Waals surface area (Å²) < 4.78 is 0. The van der Waals surface area contributed by atoms with Crippen LogP contribution in [-0.2, 0) is 9.59 Å². The Morgan fingerprint density at radius 3 is 2.12 bits per heavy atom. The van der Waals surface area contributed by atoms with Gasteiger partial charge in [0, 0.05) is 6.04 Å². The molecule has 0 aromatic rings. The topological polar surface area (TPSA) is 116 Å². The molecular formula is C9H16N2O5. The molecule has 1 unspecified atom stereocenters. The van der Waals surface area contributed by atoms with E-state index in [1.54, 1.807) is 6.92 Å². The molecule has 0 aliphatic heterocycles. The predicted octanol–water partition coefficient (Wildman–Crippen LogP) is 0.0120. The summed E-state index contributed by atoms with van der Waals surface area (Å²) in [5.41, 5.74) is 0. The van der Waals surface area contributed by atoms with Crippen molar-refractivity contribution in [1.29, 1.82) is 0 Å². The van der Waals surface area contributed by atoms with E-state index in [9.17, 15) is 14.4 Å². The second-order valence-electron chi connectivity index (χ2n) is 3.42. The van der Waals surface area contributed by atoms with E-state index in [1.807, 2.05) is 6.92 Å². The van der Waals surface area contributed by atoms with Crippen LogP contribution in [-0.4, -0.2) is 40.3 Å². The van der Waals surface area contributed by atoms with Crippen molar-refractivity contribution >= 4 is 18.0 Å². The van der Waals surface area contributed by atoms with E-state index in [-0.39, 0.29) is 6.04 Å². The third-order valence-electron chi connectivity index (χ3n) is 1.97. The lowest BCUT2D eigenvalue weighted by Crippen LogP contribution is -2.49. The van der Waals surface area contributed by atoms with Crippen molar-refractivity contribution in [3.8, 4) is 0 Å². The van der Waals surface area contributed by atoms with Crippen LogP contribution in [0.4, 0.5) is 4.79 Å². The average Bonchev–Trinajstić information content (AvgIpc) is 2.15. The van der Waals surface area contributed by atoms with Gasteiger partial charge in [0.1, 0.15) is 6.04 Å². The summed E-state index contributed by atoms with van der Waals surface area (Å²) in [5.74, 6) is -2.65. The molecule has 0 aliphatic carbocycles. The highest BCUT2D eigenvalue weighted by Gasteiger charge is 2.23. The molecule has 0 fully saturated rings. The molecule has 0 saturated carbocycles. The van der Waals surface area contributed by atoms with Crippen LogP contribution < -0.4 is 10.6 Å². The van der Waals surface area contributed by atoms with Crippen LogP contribution in [0.5, 0.6) is 0 Å². The van der Waals surface area contributed by atoms with Crippen LogP contribution in [0.3, 0.4) is 0 Å². The van der Waals surface area contributed by atoms with E-state index in [2.05, 4.69) is 10.6 Å². The zero-order valence-electron chi connectivity index (χ0n) is 9.19. The molecule has 2 amide bonds. The van der Waals surface area contributed by atoms with Crippen LogP contribution in [0.25, 0.3) is 0 Å². The Balaban J connectivity index is 4.24.